The first-order valence-electron chi connectivity index (χ1n) is 11.7. The van der Waals surface area contributed by atoms with E-state index in [2.05, 4.69) is 58.1 Å². The van der Waals surface area contributed by atoms with Gasteiger partial charge in [-0.2, -0.15) is 0 Å². The van der Waals surface area contributed by atoms with Crippen LogP contribution in [-0.4, -0.2) is 44.0 Å². The summed E-state index contributed by atoms with van der Waals surface area (Å²) in [6.45, 7) is 6.10. The fourth-order valence-corrected chi connectivity index (χ4v) is 4.31. The molecule has 3 aromatic carbocycles. The van der Waals surface area contributed by atoms with Crippen molar-refractivity contribution in [3.63, 3.8) is 0 Å². The van der Waals surface area contributed by atoms with Gasteiger partial charge < -0.3 is 20.7 Å². The molecular weight excluding hydrogens is 515 g/mol. The molecule has 0 aromatic heterocycles. The fraction of sp³-hybridized carbons (Fsp3) is 0.296. The summed E-state index contributed by atoms with van der Waals surface area (Å²) in [5.74, 6) is 0.582. The van der Waals surface area contributed by atoms with E-state index in [1.54, 1.807) is 0 Å². The molecular formula is C27H34Cl2N4O4. The van der Waals surface area contributed by atoms with Crippen LogP contribution in [0.3, 0.4) is 0 Å². The molecule has 1 atom stereocenters. The van der Waals surface area contributed by atoms with E-state index in [1.807, 2.05) is 27.0 Å². The first-order valence-corrected chi connectivity index (χ1v) is 12.4. The number of carbonyl (C=O) groups excluding carboxylic acids is 1. The van der Waals surface area contributed by atoms with Gasteiger partial charge in [0.15, 0.2) is 0 Å². The molecule has 0 radical (unpaired) electrons. The van der Waals surface area contributed by atoms with Crippen molar-refractivity contribution in [2.45, 2.75) is 26.3 Å². The molecule has 0 bridgehead atoms. The molecule has 0 fully saturated rings. The zero-order valence-corrected chi connectivity index (χ0v) is 23.2. The lowest BCUT2D eigenvalue weighted by Gasteiger charge is -2.33. The number of carbonyl (C=O) groups is 1. The first-order chi connectivity index (χ1) is 17.8. The van der Waals surface area contributed by atoms with E-state index in [0.717, 1.165) is 23.8 Å². The minimum absolute atomic E-state index is 0.0340. The standard InChI is InChI=1S/C17H18Cl2N2.C7H5NO4.C2H6.CH5N/c1-20-13-5-3-4-11(6-13)15-9-21(2)10-16-14(15)7-12(18)8-17(16)19;9-5-12-7-3-1-6(2-4-7)8(10)11;2*1-2/h3-8,15,20H,9-10H2,1-2H3;1-5H;1-2H3;2H2,1H3. The quantitative estimate of drug-likeness (QED) is 0.217. The van der Waals surface area contributed by atoms with Gasteiger partial charge in [0, 0.05) is 53.9 Å². The molecule has 8 nitrogen and oxygen atoms in total. The van der Waals surface area contributed by atoms with Crippen LogP contribution in [0.15, 0.2) is 60.7 Å². The highest BCUT2D eigenvalue weighted by Gasteiger charge is 2.27. The lowest BCUT2D eigenvalue weighted by atomic mass is 9.84. The van der Waals surface area contributed by atoms with Crippen LogP contribution in [0.4, 0.5) is 11.4 Å². The predicted molar refractivity (Wildman–Crippen MR) is 152 cm³/mol. The predicted octanol–water partition coefficient (Wildman–Crippen LogP) is 6.34. The van der Waals surface area contributed by atoms with E-state index in [1.165, 1.54) is 48.0 Å². The summed E-state index contributed by atoms with van der Waals surface area (Å²) >= 11 is 12.6. The van der Waals surface area contributed by atoms with Gasteiger partial charge in [-0.05, 0) is 67.2 Å². The zero-order chi connectivity index (χ0) is 28.0. The van der Waals surface area contributed by atoms with Crippen molar-refractivity contribution in [3.05, 3.63) is 97.5 Å². The summed E-state index contributed by atoms with van der Waals surface area (Å²) in [4.78, 5) is 21.8. The summed E-state index contributed by atoms with van der Waals surface area (Å²) in [6.07, 6.45) is 0. The maximum atomic E-state index is 10.2. The highest BCUT2D eigenvalue weighted by atomic mass is 35.5. The number of nitrogens with one attached hydrogen (secondary N) is 1. The monoisotopic (exact) mass is 548 g/mol. The average Bonchev–Trinajstić information content (AvgIpc) is 2.92. The maximum Gasteiger partial charge on any atom is 0.298 e. The molecule has 1 heterocycles. The minimum Gasteiger partial charge on any atom is -0.429 e. The van der Waals surface area contributed by atoms with Gasteiger partial charge in [0.05, 0.1) is 4.92 Å². The largest absolute Gasteiger partial charge is 0.429 e. The van der Waals surface area contributed by atoms with Crippen LogP contribution < -0.4 is 15.8 Å². The number of nitro benzene ring substituents is 1. The number of nitro groups is 1. The Morgan fingerprint density at radius 1 is 1.11 bits per heavy atom. The molecule has 4 rings (SSSR count). The number of hydrogen-bond donors (Lipinski definition) is 2. The molecule has 200 valence electrons. The van der Waals surface area contributed by atoms with Crippen LogP contribution >= 0.6 is 23.2 Å². The molecule has 1 aliphatic heterocycles. The number of rotatable bonds is 5. The Labute approximate surface area is 228 Å². The highest BCUT2D eigenvalue weighted by Crippen LogP contribution is 2.38. The number of ether oxygens (including phenoxy) is 1. The van der Waals surface area contributed by atoms with Crippen molar-refractivity contribution < 1.29 is 14.5 Å². The SMILES string of the molecule is CC.CN.CNc1cccc(C2CN(C)Cc3c(Cl)cc(Cl)cc32)c1.O=COc1ccc([N+](=O)[O-])cc1. The normalized spacial score (nSPS) is 13.7. The van der Waals surface area contributed by atoms with Crippen molar-refractivity contribution in [3.8, 4) is 5.75 Å². The maximum absolute atomic E-state index is 10.2. The van der Waals surface area contributed by atoms with Gasteiger partial charge in [0.25, 0.3) is 12.2 Å². The average molecular weight is 549 g/mol. The fourth-order valence-electron chi connectivity index (χ4n) is 3.74. The van der Waals surface area contributed by atoms with E-state index in [0.29, 0.717) is 10.9 Å². The third-order valence-corrected chi connectivity index (χ3v) is 5.86. The number of non-ortho nitro benzene ring substituents is 1. The Morgan fingerprint density at radius 2 is 1.76 bits per heavy atom. The Kier molecular flexibility index (Phi) is 14.3. The van der Waals surface area contributed by atoms with Gasteiger partial charge in [-0.25, -0.2) is 0 Å². The highest BCUT2D eigenvalue weighted by molar-refractivity contribution is 6.35. The molecule has 37 heavy (non-hydrogen) atoms. The second-order valence-electron chi connectivity index (χ2n) is 7.55. The number of likely N-dealkylation sites (N-methyl/N-ethyl adjacent to an activating group) is 1. The molecule has 1 unspecified atom stereocenters. The topological polar surface area (TPSA) is 111 Å². The van der Waals surface area contributed by atoms with Crippen LogP contribution in [-0.2, 0) is 11.3 Å². The van der Waals surface area contributed by atoms with Gasteiger partial charge >= 0.3 is 0 Å². The third kappa shape index (κ3) is 9.33. The molecule has 0 saturated heterocycles. The van der Waals surface area contributed by atoms with Gasteiger partial charge in [0.1, 0.15) is 5.75 Å². The van der Waals surface area contributed by atoms with Gasteiger partial charge in [-0.1, -0.05) is 49.2 Å². The van der Waals surface area contributed by atoms with Crippen LogP contribution in [0.2, 0.25) is 10.0 Å². The van der Waals surface area contributed by atoms with Gasteiger partial charge in [-0.15, -0.1) is 0 Å². The number of benzene rings is 3. The van der Waals surface area contributed by atoms with Crippen LogP contribution in [0, 0.1) is 10.1 Å². The molecule has 0 aliphatic carbocycles. The molecule has 0 amide bonds. The van der Waals surface area contributed by atoms with Crippen molar-refractivity contribution in [1.29, 1.82) is 0 Å². The molecule has 3 N–H and O–H groups in total. The Bertz CT molecular complexity index is 1140. The summed E-state index contributed by atoms with van der Waals surface area (Å²) < 4.78 is 4.44. The van der Waals surface area contributed by atoms with E-state index in [9.17, 15) is 14.9 Å². The molecule has 1 aliphatic rings. The van der Waals surface area contributed by atoms with Gasteiger partial charge in [0.2, 0.25) is 0 Å². The van der Waals surface area contributed by atoms with E-state index in [4.69, 9.17) is 23.2 Å². The summed E-state index contributed by atoms with van der Waals surface area (Å²) in [5, 5.41) is 14.8. The number of nitrogens with zero attached hydrogens (tertiary/aromatic N) is 2. The Morgan fingerprint density at radius 3 is 2.32 bits per heavy atom. The van der Waals surface area contributed by atoms with E-state index >= 15 is 0 Å². The number of hydrogen-bond acceptors (Lipinski definition) is 7. The van der Waals surface area contributed by atoms with Crippen LogP contribution in [0.5, 0.6) is 5.75 Å². The van der Waals surface area contributed by atoms with Crippen LogP contribution in [0.1, 0.15) is 36.5 Å². The van der Waals surface area contributed by atoms with Crippen molar-refractivity contribution >= 4 is 41.0 Å². The van der Waals surface area contributed by atoms with Crippen molar-refractivity contribution in [2.75, 3.05) is 33.0 Å². The number of anilines is 1. The van der Waals surface area contributed by atoms with Crippen molar-refractivity contribution in [2.24, 2.45) is 5.73 Å². The van der Waals surface area contributed by atoms with Gasteiger partial charge in [-0.3, -0.25) is 14.9 Å². The Balaban J connectivity index is 0.000000365. The van der Waals surface area contributed by atoms with E-state index < -0.39 is 4.92 Å². The zero-order valence-electron chi connectivity index (χ0n) is 21.7. The first kappa shape index (κ1) is 31.9. The number of nitrogens with two attached hydrogens (primary N) is 1. The lowest BCUT2D eigenvalue weighted by Crippen LogP contribution is -2.31. The second-order valence-corrected chi connectivity index (χ2v) is 8.39. The molecule has 0 spiro atoms. The summed E-state index contributed by atoms with van der Waals surface area (Å²) in [6, 6.07) is 17.7. The number of fused-ring (bicyclic) bond motifs is 1. The van der Waals surface area contributed by atoms with Crippen LogP contribution in [0.25, 0.3) is 0 Å². The molecule has 3 aromatic rings. The summed E-state index contributed by atoms with van der Waals surface area (Å²) in [5.41, 5.74) is 9.31. The minimum atomic E-state index is -0.523. The lowest BCUT2D eigenvalue weighted by molar-refractivity contribution is -0.384. The van der Waals surface area contributed by atoms with Crippen molar-refractivity contribution in [1.82, 2.24) is 4.90 Å². The Hall–Kier alpha value is -3.17. The molecule has 0 saturated carbocycles. The van der Waals surface area contributed by atoms with E-state index in [-0.39, 0.29) is 17.9 Å². The molecule has 10 heteroatoms. The smallest absolute Gasteiger partial charge is 0.298 e. The second kappa shape index (κ2) is 16.6. The summed E-state index contributed by atoms with van der Waals surface area (Å²) in [7, 11) is 5.57. The third-order valence-electron chi connectivity index (χ3n) is 5.30. The number of halogens is 2.